The number of anilines is 1. The van der Waals surface area contributed by atoms with Crippen molar-refractivity contribution in [3.8, 4) is 28.1 Å². The molecular formula is C31H33N5O4. The van der Waals surface area contributed by atoms with Gasteiger partial charge in [0.1, 0.15) is 5.75 Å². The Kier molecular flexibility index (Phi) is 8.33. The molecule has 9 nitrogen and oxygen atoms in total. The molecule has 3 aromatic heterocycles. The minimum atomic E-state index is -0.597. The predicted octanol–water partition coefficient (Wildman–Crippen LogP) is 6.58. The van der Waals surface area contributed by atoms with Crippen LogP contribution in [0.1, 0.15) is 38.6 Å². The number of methoxy groups -OCH3 is 1. The van der Waals surface area contributed by atoms with Gasteiger partial charge in [-0.15, -0.1) is 0 Å². The lowest BCUT2D eigenvalue weighted by molar-refractivity contribution is 0.167. The lowest BCUT2D eigenvalue weighted by Gasteiger charge is -2.20. The molecule has 1 atom stereocenters. The van der Waals surface area contributed by atoms with Gasteiger partial charge < -0.3 is 19.0 Å². The quantitative estimate of drug-likeness (QED) is 0.242. The number of H-pyrrole nitrogens is 1. The molecule has 0 spiro atoms. The van der Waals surface area contributed by atoms with Gasteiger partial charge in [0.15, 0.2) is 0 Å². The molecule has 0 radical (unpaired) electrons. The third-order valence-corrected chi connectivity index (χ3v) is 6.58. The molecule has 1 unspecified atom stereocenters. The Morgan fingerprint density at radius 2 is 1.88 bits per heavy atom. The van der Waals surface area contributed by atoms with Gasteiger partial charge in [0.25, 0.3) is 5.56 Å². The Morgan fingerprint density at radius 1 is 1.07 bits per heavy atom. The number of carbonyl (C=O) groups excluding carboxylic acids is 1. The van der Waals surface area contributed by atoms with Gasteiger partial charge in [-0.25, -0.2) is 9.78 Å². The molecule has 0 aliphatic heterocycles. The zero-order valence-electron chi connectivity index (χ0n) is 22.2. The molecule has 0 saturated heterocycles. The summed E-state index contributed by atoms with van der Waals surface area (Å²) in [6.07, 6.45) is 1.12. The number of imidazole rings is 1. The van der Waals surface area contributed by atoms with Gasteiger partial charge >= 0.3 is 6.09 Å². The Hall–Kier alpha value is -4.92. The van der Waals surface area contributed by atoms with Crippen molar-refractivity contribution in [3.63, 3.8) is 0 Å². The number of carbonyl (C=O) groups is 1. The Morgan fingerprint density at radius 3 is 2.58 bits per heavy atom. The van der Waals surface area contributed by atoms with Crippen molar-refractivity contribution >= 4 is 23.1 Å². The minimum absolute atomic E-state index is 0. The molecule has 0 saturated carbocycles. The van der Waals surface area contributed by atoms with E-state index in [1.807, 2.05) is 74.5 Å². The van der Waals surface area contributed by atoms with Crippen LogP contribution in [0, 0.1) is 6.92 Å². The summed E-state index contributed by atoms with van der Waals surface area (Å²) < 4.78 is 12.1. The number of aromatic amines is 1. The lowest BCUT2D eigenvalue weighted by atomic mass is 9.99. The van der Waals surface area contributed by atoms with E-state index in [1.54, 1.807) is 30.9 Å². The number of pyridine rings is 2. The number of aryl methyl sites for hydroxylation is 1. The Labute approximate surface area is 232 Å². The van der Waals surface area contributed by atoms with Crippen LogP contribution in [0.25, 0.3) is 33.4 Å². The molecule has 3 heterocycles. The summed E-state index contributed by atoms with van der Waals surface area (Å²) in [4.78, 5) is 37.7. The molecule has 2 aromatic carbocycles. The van der Waals surface area contributed by atoms with Crippen molar-refractivity contribution < 1.29 is 14.3 Å². The van der Waals surface area contributed by atoms with Crippen LogP contribution in [0.2, 0.25) is 0 Å². The number of ether oxygens (including phenoxy) is 2. The van der Waals surface area contributed by atoms with Crippen LogP contribution in [0.4, 0.5) is 10.7 Å². The first kappa shape index (κ1) is 28.1. The van der Waals surface area contributed by atoms with Crippen molar-refractivity contribution in [3.05, 3.63) is 94.5 Å². The summed E-state index contributed by atoms with van der Waals surface area (Å²) in [5, 5.41) is 2.62. The first-order valence-corrected chi connectivity index (χ1v) is 12.6. The first-order chi connectivity index (χ1) is 18.9. The maximum atomic E-state index is 13.4. The number of aromatic nitrogens is 4. The summed E-state index contributed by atoms with van der Waals surface area (Å²) in [6, 6.07) is 20.7. The highest BCUT2D eigenvalue weighted by Gasteiger charge is 2.18. The van der Waals surface area contributed by atoms with Gasteiger partial charge in [-0.05, 0) is 79.9 Å². The van der Waals surface area contributed by atoms with Crippen LogP contribution in [0.3, 0.4) is 0 Å². The number of fused-ring (bicyclic) bond motifs is 1. The zero-order valence-corrected chi connectivity index (χ0v) is 22.2. The van der Waals surface area contributed by atoms with Crippen molar-refractivity contribution in [2.24, 2.45) is 0 Å². The standard InChI is InChI=1S/C30H29N5O4.CH4/c1-5-39-30(37)34-29-32-26-16-22(15-24(28(26)33-29)25-11-6-7-12-31-25)21-13-18(2)35(27(36)17-21)19(3)20-9-8-10-23(14-20)38-4;/h6-17,19H,5H2,1-4H3,(H2,32,33,34,37);1H4. The number of hydrogen-bond acceptors (Lipinski definition) is 6. The van der Waals surface area contributed by atoms with Crippen molar-refractivity contribution in [2.75, 3.05) is 19.0 Å². The summed E-state index contributed by atoms with van der Waals surface area (Å²) in [5.74, 6) is 1.00. The first-order valence-electron chi connectivity index (χ1n) is 12.6. The largest absolute Gasteiger partial charge is 0.497 e. The van der Waals surface area contributed by atoms with E-state index < -0.39 is 6.09 Å². The van der Waals surface area contributed by atoms with Crippen LogP contribution in [-0.4, -0.2) is 39.3 Å². The Balaban J connectivity index is 0.00000370. The van der Waals surface area contributed by atoms with Crippen LogP contribution in [0.5, 0.6) is 5.75 Å². The summed E-state index contributed by atoms with van der Waals surface area (Å²) in [6.45, 7) is 5.90. The van der Waals surface area contributed by atoms with E-state index in [9.17, 15) is 9.59 Å². The smallest absolute Gasteiger partial charge is 0.413 e. The molecule has 5 aromatic rings. The average Bonchev–Trinajstić information content (AvgIpc) is 3.34. The summed E-state index contributed by atoms with van der Waals surface area (Å²) >= 11 is 0. The second-order valence-corrected chi connectivity index (χ2v) is 9.11. The molecule has 0 aliphatic rings. The molecule has 0 aliphatic carbocycles. The minimum Gasteiger partial charge on any atom is -0.497 e. The Bertz CT molecular complexity index is 1710. The van der Waals surface area contributed by atoms with E-state index in [2.05, 4.69) is 20.3 Å². The second-order valence-electron chi connectivity index (χ2n) is 9.11. The van der Waals surface area contributed by atoms with E-state index in [-0.39, 0.29) is 31.6 Å². The second kappa shape index (κ2) is 11.9. The molecule has 0 fully saturated rings. The van der Waals surface area contributed by atoms with Crippen LogP contribution in [-0.2, 0) is 4.74 Å². The van der Waals surface area contributed by atoms with E-state index in [1.165, 1.54) is 0 Å². The number of amides is 1. The van der Waals surface area contributed by atoms with Crippen LogP contribution < -0.4 is 15.6 Å². The summed E-state index contributed by atoms with van der Waals surface area (Å²) in [7, 11) is 1.63. The van der Waals surface area contributed by atoms with Gasteiger partial charge in [-0.1, -0.05) is 25.6 Å². The van der Waals surface area contributed by atoms with E-state index in [0.29, 0.717) is 11.0 Å². The predicted molar refractivity (Wildman–Crippen MR) is 158 cm³/mol. The number of nitrogens with one attached hydrogen (secondary N) is 2. The third-order valence-electron chi connectivity index (χ3n) is 6.58. The molecule has 40 heavy (non-hydrogen) atoms. The maximum absolute atomic E-state index is 13.4. The third kappa shape index (κ3) is 5.58. The number of rotatable bonds is 7. The van der Waals surface area contributed by atoms with Gasteiger partial charge in [0.05, 0.1) is 36.5 Å². The normalized spacial score (nSPS) is 11.5. The van der Waals surface area contributed by atoms with E-state index >= 15 is 0 Å². The van der Waals surface area contributed by atoms with E-state index in [0.717, 1.165) is 39.4 Å². The molecular weight excluding hydrogens is 506 g/mol. The van der Waals surface area contributed by atoms with Crippen molar-refractivity contribution in [1.29, 1.82) is 0 Å². The zero-order chi connectivity index (χ0) is 27.5. The molecule has 1 amide bonds. The highest BCUT2D eigenvalue weighted by Crippen LogP contribution is 2.33. The maximum Gasteiger partial charge on any atom is 0.413 e. The van der Waals surface area contributed by atoms with Gasteiger partial charge in [0.2, 0.25) is 5.95 Å². The summed E-state index contributed by atoms with van der Waals surface area (Å²) in [5.41, 5.74) is 6.07. The molecule has 5 rings (SSSR count). The van der Waals surface area contributed by atoms with Crippen LogP contribution >= 0.6 is 0 Å². The fourth-order valence-electron chi connectivity index (χ4n) is 4.75. The topological polar surface area (TPSA) is 111 Å². The van der Waals surface area contributed by atoms with Crippen molar-refractivity contribution in [2.45, 2.75) is 34.2 Å². The molecule has 0 bridgehead atoms. The average molecular weight is 540 g/mol. The van der Waals surface area contributed by atoms with Gasteiger partial charge in [-0.3, -0.25) is 15.1 Å². The highest BCUT2D eigenvalue weighted by atomic mass is 16.5. The number of nitrogens with zero attached hydrogens (tertiary/aromatic N) is 3. The van der Waals surface area contributed by atoms with Gasteiger partial charge in [-0.2, -0.15) is 0 Å². The monoisotopic (exact) mass is 539 g/mol. The van der Waals surface area contributed by atoms with E-state index in [4.69, 9.17) is 9.47 Å². The lowest BCUT2D eigenvalue weighted by Crippen LogP contribution is -2.25. The molecule has 206 valence electrons. The van der Waals surface area contributed by atoms with Gasteiger partial charge in [0, 0.05) is 23.5 Å². The van der Waals surface area contributed by atoms with Crippen molar-refractivity contribution in [1.82, 2.24) is 19.5 Å². The molecule has 9 heteroatoms. The highest BCUT2D eigenvalue weighted by molar-refractivity contribution is 5.97. The fraction of sp³-hybridized carbons (Fsp3) is 0.226. The van der Waals surface area contributed by atoms with Crippen LogP contribution in [0.15, 0.2) is 77.7 Å². The number of benzene rings is 2. The number of hydrogen-bond donors (Lipinski definition) is 2. The fourth-order valence-corrected chi connectivity index (χ4v) is 4.75. The SMILES string of the molecule is C.CCOC(=O)Nc1nc2c(-c3ccccn3)cc(-c3cc(C)n(C(C)c4cccc(OC)c4)c(=O)c3)cc2[nH]1. The molecule has 2 N–H and O–H groups in total.